The number of rotatable bonds is 6. The number of hydrogen-bond donors (Lipinski definition) is 2. The van der Waals surface area contributed by atoms with Crippen LogP contribution in [0.25, 0.3) is 0 Å². The molecule has 0 unspecified atom stereocenters. The van der Waals surface area contributed by atoms with E-state index in [4.69, 9.17) is 17.3 Å². The summed E-state index contributed by atoms with van der Waals surface area (Å²) in [5.74, 6) is 0.504. The number of nitrogens with two attached hydrogens (primary N) is 1. The van der Waals surface area contributed by atoms with Gasteiger partial charge >= 0.3 is 0 Å². The minimum absolute atomic E-state index is 0.0676. The molecule has 3 rings (SSSR count). The Kier molecular flexibility index (Phi) is 5.92. The lowest BCUT2D eigenvalue weighted by atomic mass is 9.79. The molecular formula is C20H25ClN4. The highest BCUT2D eigenvalue weighted by atomic mass is 35.5. The molecule has 132 valence electrons. The molecule has 0 bridgehead atoms. The fourth-order valence-corrected chi connectivity index (χ4v) is 3.76. The van der Waals surface area contributed by atoms with Gasteiger partial charge in [-0.1, -0.05) is 42.6 Å². The number of hydrogen-bond acceptors (Lipinski definition) is 2. The number of aromatic nitrogens is 1. The molecule has 1 fully saturated rings. The van der Waals surface area contributed by atoms with Crippen LogP contribution >= 0.6 is 11.6 Å². The minimum Gasteiger partial charge on any atom is -0.370 e. The van der Waals surface area contributed by atoms with Crippen LogP contribution in [0.15, 0.2) is 53.7 Å². The zero-order valence-corrected chi connectivity index (χ0v) is 15.2. The number of benzene rings is 1. The Bertz CT molecular complexity index is 709. The molecule has 25 heavy (non-hydrogen) atoms. The molecule has 1 aliphatic carbocycles. The number of pyridine rings is 1. The standard InChI is InChI=1S/C20H25ClN4/c21-17-7-5-6-16(14-17)20(10-2-3-11-20)15-25-19(22)24-13-9-18-8-1-4-12-23-18/h1,4-8,12,14H,2-3,9-11,13,15H2,(H3,22,24,25). The van der Waals surface area contributed by atoms with Crippen molar-refractivity contribution in [1.82, 2.24) is 10.3 Å². The normalized spacial score (nSPS) is 16.8. The van der Waals surface area contributed by atoms with E-state index in [2.05, 4.69) is 27.4 Å². The molecule has 0 spiro atoms. The van der Waals surface area contributed by atoms with Gasteiger partial charge in [-0.3, -0.25) is 9.98 Å². The second-order valence-electron chi connectivity index (χ2n) is 6.70. The highest BCUT2D eigenvalue weighted by Gasteiger charge is 2.35. The lowest BCUT2D eigenvalue weighted by Crippen LogP contribution is -2.35. The van der Waals surface area contributed by atoms with E-state index in [0.717, 1.165) is 36.5 Å². The summed E-state index contributed by atoms with van der Waals surface area (Å²) < 4.78 is 0. The molecule has 1 aromatic carbocycles. The van der Waals surface area contributed by atoms with Gasteiger partial charge in [0.25, 0.3) is 0 Å². The maximum absolute atomic E-state index is 6.20. The van der Waals surface area contributed by atoms with Gasteiger partial charge in [0.15, 0.2) is 5.96 Å². The monoisotopic (exact) mass is 356 g/mol. The molecule has 1 aromatic heterocycles. The highest BCUT2D eigenvalue weighted by Crippen LogP contribution is 2.42. The van der Waals surface area contributed by atoms with Gasteiger partial charge in [-0.05, 0) is 42.7 Å². The van der Waals surface area contributed by atoms with Crippen molar-refractivity contribution in [1.29, 1.82) is 0 Å². The van der Waals surface area contributed by atoms with Crippen molar-refractivity contribution in [3.63, 3.8) is 0 Å². The molecule has 0 aliphatic heterocycles. The molecule has 0 saturated heterocycles. The number of aliphatic imine (C=N–C) groups is 1. The Morgan fingerprint density at radius 2 is 2.04 bits per heavy atom. The third kappa shape index (κ3) is 4.73. The van der Waals surface area contributed by atoms with E-state index in [9.17, 15) is 0 Å². The fourth-order valence-electron chi connectivity index (χ4n) is 3.57. The highest BCUT2D eigenvalue weighted by molar-refractivity contribution is 6.30. The van der Waals surface area contributed by atoms with E-state index < -0.39 is 0 Å². The molecule has 1 heterocycles. The van der Waals surface area contributed by atoms with E-state index in [-0.39, 0.29) is 5.41 Å². The fraction of sp³-hybridized carbons (Fsp3) is 0.400. The molecule has 1 aliphatic rings. The third-order valence-corrected chi connectivity index (χ3v) is 5.20. The molecule has 3 N–H and O–H groups in total. The van der Waals surface area contributed by atoms with Gasteiger partial charge in [0.1, 0.15) is 0 Å². The number of nitrogens with one attached hydrogen (secondary N) is 1. The van der Waals surface area contributed by atoms with Gasteiger partial charge in [-0.15, -0.1) is 0 Å². The minimum atomic E-state index is 0.0676. The van der Waals surface area contributed by atoms with Crippen molar-refractivity contribution in [2.24, 2.45) is 10.7 Å². The average molecular weight is 357 g/mol. The van der Waals surface area contributed by atoms with Crippen LogP contribution in [0.3, 0.4) is 0 Å². The first-order valence-corrected chi connectivity index (χ1v) is 9.26. The van der Waals surface area contributed by atoms with Crippen LogP contribution in [0.5, 0.6) is 0 Å². The van der Waals surface area contributed by atoms with Gasteiger partial charge < -0.3 is 11.1 Å². The van der Waals surface area contributed by atoms with E-state index in [1.807, 2.05) is 36.5 Å². The van der Waals surface area contributed by atoms with Gasteiger partial charge in [-0.2, -0.15) is 0 Å². The maximum atomic E-state index is 6.20. The summed E-state index contributed by atoms with van der Waals surface area (Å²) >= 11 is 6.20. The van der Waals surface area contributed by atoms with Crippen molar-refractivity contribution in [2.45, 2.75) is 37.5 Å². The predicted octanol–water partition coefficient (Wildman–Crippen LogP) is 3.69. The summed E-state index contributed by atoms with van der Waals surface area (Å²) in [6.07, 6.45) is 7.37. The molecule has 1 saturated carbocycles. The van der Waals surface area contributed by atoms with Gasteiger partial charge in [0.2, 0.25) is 0 Å². The molecule has 0 radical (unpaired) electrons. The Morgan fingerprint density at radius 3 is 2.76 bits per heavy atom. The lowest BCUT2D eigenvalue weighted by Gasteiger charge is -2.28. The van der Waals surface area contributed by atoms with E-state index in [1.54, 1.807) is 0 Å². The summed E-state index contributed by atoms with van der Waals surface area (Å²) in [6.45, 7) is 1.44. The van der Waals surface area contributed by atoms with E-state index >= 15 is 0 Å². The van der Waals surface area contributed by atoms with Crippen LogP contribution < -0.4 is 11.1 Å². The van der Waals surface area contributed by atoms with Gasteiger partial charge in [0, 0.05) is 35.3 Å². The molecule has 5 heteroatoms. The zero-order chi connectivity index (χ0) is 17.5. The second kappa shape index (κ2) is 8.34. The quantitative estimate of drug-likeness (QED) is 0.612. The topological polar surface area (TPSA) is 63.3 Å². The Hall–Kier alpha value is -2.07. The molecule has 2 aromatic rings. The smallest absolute Gasteiger partial charge is 0.188 e. The van der Waals surface area contributed by atoms with E-state index in [1.165, 1.54) is 18.4 Å². The summed E-state index contributed by atoms with van der Waals surface area (Å²) in [5, 5.41) is 3.98. The second-order valence-corrected chi connectivity index (χ2v) is 7.13. The summed E-state index contributed by atoms with van der Waals surface area (Å²) in [5.41, 5.74) is 8.47. The van der Waals surface area contributed by atoms with Crippen LogP contribution in [0.2, 0.25) is 5.02 Å². The first kappa shape index (κ1) is 17.7. The summed E-state index contributed by atoms with van der Waals surface area (Å²) in [4.78, 5) is 8.95. The number of halogens is 1. The van der Waals surface area contributed by atoms with Gasteiger partial charge in [0.05, 0.1) is 6.54 Å². The summed E-state index contributed by atoms with van der Waals surface area (Å²) in [6, 6.07) is 14.1. The van der Waals surface area contributed by atoms with Crippen molar-refractivity contribution < 1.29 is 0 Å². The van der Waals surface area contributed by atoms with Crippen LogP contribution in [-0.2, 0) is 11.8 Å². The van der Waals surface area contributed by atoms with Crippen LogP contribution in [-0.4, -0.2) is 24.0 Å². The van der Waals surface area contributed by atoms with Gasteiger partial charge in [-0.25, -0.2) is 0 Å². The van der Waals surface area contributed by atoms with Crippen molar-refractivity contribution in [3.8, 4) is 0 Å². The summed E-state index contributed by atoms with van der Waals surface area (Å²) in [7, 11) is 0. The van der Waals surface area contributed by atoms with E-state index in [0.29, 0.717) is 12.5 Å². The Balaban J connectivity index is 1.59. The molecule has 4 nitrogen and oxygen atoms in total. The van der Waals surface area contributed by atoms with Crippen LogP contribution in [0, 0.1) is 0 Å². The average Bonchev–Trinajstić information content (AvgIpc) is 3.11. The molecule has 0 amide bonds. The van der Waals surface area contributed by atoms with Crippen LogP contribution in [0.1, 0.15) is 36.9 Å². The van der Waals surface area contributed by atoms with Crippen LogP contribution in [0.4, 0.5) is 0 Å². The van der Waals surface area contributed by atoms with Crippen molar-refractivity contribution in [2.75, 3.05) is 13.1 Å². The van der Waals surface area contributed by atoms with Crippen molar-refractivity contribution in [3.05, 3.63) is 64.9 Å². The molecular weight excluding hydrogens is 332 g/mol. The maximum Gasteiger partial charge on any atom is 0.188 e. The largest absolute Gasteiger partial charge is 0.370 e. The molecule has 0 atom stereocenters. The zero-order valence-electron chi connectivity index (χ0n) is 14.4. The first-order valence-electron chi connectivity index (χ1n) is 8.88. The lowest BCUT2D eigenvalue weighted by molar-refractivity contribution is 0.453. The Labute approximate surface area is 154 Å². The number of nitrogens with zero attached hydrogens (tertiary/aromatic N) is 2. The number of guanidine groups is 1. The third-order valence-electron chi connectivity index (χ3n) is 4.96. The predicted molar refractivity (Wildman–Crippen MR) is 104 cm³/mol. The van der Waals surface area contributed by atoms with Crippen molar-refractivity contribution >= 4 is 17.6 Å². The SMILES string of the molecule is NC(=NCC1(c2cccc(Cl)c2)CCCC1)NCCc1ccccn1. The Morgan fingerprint density at radius 1 is 1.20 bits per heavy atom. The first-order chi connectivity index (χ1) is 12.2.